The Balaban J connectivity index is 1.62. The third-order valence-electron chi connectivity index (χ3n) is 8.41. The molecule has 12 heteroatoms. The van der Waals surface area contributed by atoms with Crippen molar-refractivity contribution in [1.29, 1.82) is 0 Å². The lowest BCUT2D eigenvalue weighted by atomic mass is 9.87. The Morgan fingerprint density at radius 1 is 1.17 bits per heavy atom. The second-order valence-corrected chi connectivity index (χ2v) is 14.2. The molecule has 12 nitrogen and oxygen atoms in total. The van der Waals surface area contributed by atoms with E-state index in [0.29, 0.717) is 55.8 Å². The Labute approximate surface area is 278 Å². The van der Waals surface area contributed by atoms with Gasteiger partial charge < -0.3 is 40.0 Å². The van der Waals surface area contributed by atoms with E-state index in [1.165, 1.54) is 4.90 Å². The first-order chi connectivity index (χ1) is 22.2. The van der Waals surface area contributed by atoms with Gasteiger partial charge in [-0.15, -0.1) is 0 Å². The summed E-state index contributed by atoms with van der Waals surface area (Å²) in [6, 6.07) is 5.14. The Kier molecular flexibility index (Phi) is 11.9. The van der Waals surface area contributed by atoms with Gasteiger partial charge in [0.05, 0.1) is 30.2 Å². The highest BCUT2D eigenvalue weighted by molar-refractivity contribution is 6.08. The standard InChI is InChI=1S/C35H53N5O7/c1-8-45-21-26(16-22(2)3)37-31(41)24-17-25(20-38(19-24)34(44)47-35(5,6)7)33(43)40(27-10-11-27)28-12-13-30-29(18-28)39(15-9-14-36)32(42)23(4)46-30/h12-13,18,22,24-27H,4,8-11,14-17,19-21,36H2,1-3,5-7H3,(H,37,41)/t24-,25+,26+/m0/s1. The number of nitrogens with two attached hydrogens (primary N) is 1. The topological polar surface area (TPSA) is 144 Å². The summed E-state index contributed by atoms with van der Waals surface area (Å²) in [6.07, 6.45) is 2.71. The highest BCUT2D eigenvalue weighted by Crippen LogP contribution is 2.42. The SMILES string of the molecule is C=C1Oc2ccc(N(C(=O)[C@@H]3C[C@H](C(=O)N[C@@H](COCC)CC(C)C)CN(C(=O)OC(C)(C)C)C3)C3CC3)cc2N(CCCN)C1=O. The molecule has 2 aliphatic heterocycles. The summed E-state index contributed by atoms with van der Waals surface area (Å²) < 4.78 is 17.1. The van der Waals surface area contributed by atoms with Crippen molar-refractivity contribution in [1.82, 2.24) is 10.2 Å². The number of amides is 4. The molecular weight excluding hydrogens is 602 g/mol. The van der Waals surface area contributed by atoms with Crippen LogP contribution in [0, 0.1) is 17.8 Å². The average Bonchev–Trinajstić information content (AvgIpc) is 3.84. The van der Waals surface area contributed by atoms with Crippen LogP contribution in [-0.2, 0) is 23.9 Å². The molecule has 1 aromatic rings. The van der Waals surface area contributed by atoms with Gasteiger partial charge in [-0.2, -0.15) is 0 Å². The summed E-state index contributed by atoms with van der Waals surface area (Å²) in [6.45, 7) is 17.2. The van der Waals surface area contributed by atoms with Crippen molar-refractivity contribution in [3.8, 4) is 5.75 Å². The molecule has 4 amide bonds. The van der Waals surface area contributed by atoms with Crippen LogP contribution < -0.4 is 25.6 Å². The van der Waals surface area contributed by atoms with Crippen LogP contribution in [0.4, 0.5) is 16.2 Å². The third-order valence-corrected chi connectivity index (χ3v) is 8.41. The second-order valence-electron chi connectivity index (χ2n) is 14.2. The van der Waals surface area contributed by atoms with Gasteiger partial charge in [0, 0.05) is 38.0 Å². The fraction of sp³-hybridized carbons (Fsp3) is 0.657. The number of hydrogen-bond donors (Lipinski definition) is 2. The molecular formula is C35H53N5O7. The monoisotopic (exact) mass is 655 g/mol. The number of nitrogens with one attached hydrogen (secondary N) is 1. The van der Waals surface area contributed by atoms with Crippen LogP contribution in [0.2, 0.25) is 0 Å². The van der Waals surface area contributed by atoms with E-state index in [-0.39, 0.29) is 55.1 Å². The van der Waals surface area contributed by atoms with Crippen LogP contribution in [0.3, 0.4) is 0 Å². The van der Waals surface area contributed by atoms with Crippen molar-refractivity contribution >= 4 is 35.2 Å². The minimum atomic E-state index is -0.741. The van der Waals surface area contributed by atoms with E-state index in [9.17, 15) is 19.2 Å². The molecule has 47 heavy (non-hydrogen) atoms. The van der Waals surface area contributed by atoms with E-state index in [2.05, 4.69) is 25.7 Å². The maximum atomic E-state index is 14.5. The van der Waals surface area contributed by atoms with E-state index in [0.717, 1.165) is 19.3 Å². The fourth-order valence-electron chi connectivity index (χ4n) is 6.17. The Morgan fingerprint density at radius 3 is 2.49 bits per heavy atom. The number of hydrogen-bond acceptors (Lipinski definition) is 8. The van der Waals surface area contributed by atoms with E-state index in [1.54, 1.807) is 42.7 Å². The van der Waals surface area contributed by atoms with Gasteiger partial charge in [0.25, 0.3) is 5.91 Å². The van der Waals surface area contributed by atoms with Gasteiger partial charge in [-0.1, -0.05) is 20.4 Å². The van der Waals surface area contributed by atoms with Gasteiger partial charge in [-0.05, 0) is 90.5 Å². The maximum Gasteiger partial charge on any atom is 0.410 e. The van der Waals surface area contributed by atoms with Gasteiger partial charge >= 0.3 is 6.09 Å². The lowest BCUT2D eigenvalue weighted by molar-refractivity contribution is -0.131. The minimum absolute atomic E-state index is 0.0287. The summed E-state index contributed by atoms with van der Waals surface area (Å²) >= 11 is 0. The van der Waals surface area contributed by atoms with Crippen molar-refractivity contribution in [2.45, 2.75) is 91.3 Å². The highest BCUT2D eigenvalue weighted by Gasteiger charge is 2.44. The predicted molar refractivity (Wildman–Crippen MR) is 180 cm³/mol. The maximum absolute atomic E-state index is 14.5. The number of benzene rings is 1. The molecule has 0 aromatic heterocycles. The molecule has 0 bridgehead atoms. The normalized spacial score (nSPS) is 20.4. The van der Waals surface area contributed by atoms with Crippen molar-refractivity contribution < 1.29 is 33.4 Å². The molecule has 1 saturated carbocycles. The Bertz CT molecular complexity index is 1320. The summed E-state index contributed by atoms with van der Waals surface area (Å²) in [5.74, 6) is -1.14. The van der Waals surface area contributed by atoms with Crippen LogP contribution in [0.5, 0.6) is 5.75 Å². The molecule has 1 aromatic carbocycles. The summed E-state index contributed by atoms with van der Waals surface area (Å²) in [5, 5.41) is 3.14. The number of likely N-dealkylation sites (tertiary alicyclic amines) is 1. The summed E-state index contributed by atoms with van der Waals surface area (Å²) in [7, 11) is 0. The molecule has 260 valence electrons. The van der Waals surface area contributed by atoms with Crippen LogP contribution in [0.25, 0.3) is 0 Å². The van der Waals surface area contributed by atoms with Crippen LogP contribution in [-0.4, -0.2) is 85.8 Å². The van der Waals surface area contributed by atoms with Crippen LogP contribution in [0.1, 0.15) is 73.6 Å². The smallest absolute Gasteiger partial charge is 0.410 e. The van der Waals surface area contributed by atoms with Crippen LogP contribution in [0.15, 0.2) is 30.5 Å². The van der Waals surface area contributed by atoms with E-state index >= 15 is 0 Å². The van der Waals surface area contributed by atoms with Gasteiger partial charge in [0.2, 0.25) is 11.8 Å². The number of fused-ring (bicyclic) bond motifs is 1. The van der Waals surface area contributed by atoms with Crippen molar-refractivity contribution in [3.05, 3.63) is 30.5 Å². The molecule has 3 atom stereocenters. The van der Waals surface area contributed by atoms with E-state index in [1.807, 2.05) is 13.0 Å². The molecule has 0 unspecified atom stereocenters. The zero-order chi connectivity index (χ0) is 34.5. The Hall–Kier alpha value is -3.64. The second kappa shape index (κ2) is 15.5. The molecule has 3 aliphatic rings. The molecule has 4 rings (SSSR count). The fourth-order valence-corrected chi connectivity index (χ4v) is 6.17. The number of rotatable bonds is 13. The Morgan fingerprint density at radius 2 is 1.87 bits per heavy atom. The molecule has 0 spiro atoms. The zero-order valence-electron chi connectivity index (χ0n) is 28.9. The first-order valence-corrected chi connectivity index (χ1v) is 16.9. The number of ether oxygens (including phenoxy) is 3. The number of carbonyl (C=O) groups excluding carboxylic acids is 4. The van der Waals surface area contributed by atoms with E-state index in [4.69, 9.17) is 19.9 Å². The molecule has 2 fully saturated rings. The quantitative estimate of drug-likeness (QED) is 0.301. The van der Waals surface area contributed by atoms with Crippen molar-refractivity contribution in [2.75, 3.05) is 49.2 Å². The van der Waals surface area contributed by atoms with Crippen molar-refractivity contribution in [2.24, 2.45) is 23.5 Å². The lowest BCUT2D eigenvalue weighted by Crippen LogP contribution is -2.55. The molecule has 1 saturated heterocycles. The van der Waals surface area contributed by atoms with Gasteiger partial charge in [0.15, 0.2) is 11.5 Å². The molecule has 3 N–H and O–H groups in total. The predicted octanol–water partition coefficient (Wildman–Crippen LogP) is 4.21. The molecule has 0 radical (unpaired) electrons. The number of carbonyl (C=O) groups is 4. The summed E-state index contributed by atoms with van der Waals surface area (Å²) in [5.41, 5.74) is 6.18. The number of anilines is 2. The molecule has 1 aliphatic carbocycles. The first-order valence-electron chi connectivity index (χ1n) is 16.9. The highest BCUT2D eigenvalue weighted by atomic mass is 16.6. The summed E-state index contributed by atoms with van der Waals surface area (Å²) in [4.78, 5) is 59.4. The van der Waals surface area contributed by atoms with Crippen LogP contribution >= 0.6 is 0 Å². The lowest BCUT2D eigenvalue weighted by Gasteiger charge is -2.39. The first kappa shape index (κ1) is 36.2. The number of nitrogens with zero attached hydrogens (tertiary/aromatic N) is 3. The van der Waals surface area contributed by atoms with Gasteiger partial charge in [0.1, 0.15) is 5.60 Å². The number of piperidine rings is 1. The van der Waals surface area contributed by atoms with E-state index < -0.39 is 23.5 Å². The van der Waals surface area contributed by atoms with Crippen molar-refractivity contribution in [3.63, 3.8) is 0 Å². The van der Waals surface area contributed by atoms with Gasteiger partial charge in [-0.3, -0.25) is 14.4 Å². The largest absolute Gasteiger partial charge is 0.450 e. The van der Waals surface area contributed by atoms with Gasteiger partial charge in [-0.25, -0.2) is 4.79 Å². The third kappa shape index (κ3) is 9.47. The molecule has 2 heterocycles. The average molecular weight is 656 g/mol. The minimum Gasteiger partial charge on any atom is -0.450 e. The zero-order valence-corrected chi connectivity index (χ0v) is 28.9.